The zero-order chi connectivity index (χ0) is 34.4. The average Bonchev–Trinajstić information content (AvgIpc) is 3.47. The second kappa shape index (κ2) is 12.4. The van der Waals surface area contributed by atoms with E-state index in [4.69, 9.17) is 4.99 Å². The molecule has 10 rings (SSSR count). The van der Waals surface area contributed by atoms with Gasteiger partial charge in [-0.1, -0.05) is 146 Å². The van der Waals surface area contributed by atoms with Crippen LogP contribution in [0.2, 0.25) is 0 Å². The minimum atomic E-state index is -0.233. The van der Waals surface area contributed by atoms with Gasteiger partial charge in [0.15, 0.2) is 0 Å². The molecule has 1 N–H and O–H groups in total. The van der Waals surface area contributed by atoms with Gasteiger partial charge in [0.25, 0.3) is 0 Å². The molecule has 2 aliphatic heterocycles. The molecule has 0 fully saturated rings. The molecule has 0 aliphatic carbocycles. The summed E-state index contributed by atoms with van der Waals surface area (Å²) in [4.78, 5) is 7.75. The Kier molecular flexibility index (Phi) is 7.17. The Hall–Kier alpha value is -6.91. The molecule has 0 amide bonds. The summed E-state index contributed by atoms with van der Waals surface area (Å²) in [5, 5.41) is 6.13. The lowest BCUT2D eigenvalue weighted by Crippen LogP contribution is -2.27. The normalized spacial score (nSPS) is 15.0. The Bertz CT molecular complexity index is 2700. The van der Waals surface area contributed by atoms with Crippen LogP contribution in [0.25, 0.3) is 50.8 Å². The number of aliphatic imine (C=N–C) groups is 1. The van der Waals surface area contributed by atoms with E-state index < -0.39 is 0 Å². The van der Waals surface area contributed by atoms with Gasteiger partial charge >= 0.3 is 0 Å². The zero-order valence-corrected chi connectivity index (χ0v) is 28.4. The summed E-state index contributed by atoms with van der Waals surface area (Å²) in [7, 11) is 0. The van der Waals surface area contributed by atoms with Crippen molar-refractivity contribution in [3.05, 3.63) is 204 Å². The lowest BCUT2D eigenvalue weighted by atomic mass is 9.96. The fraction of sp³-hybridized carbons (Fsp3) is 0.0208. The van der Waals surface area contributed by atoms with Crippen LogP contribution in [0, 0.1) is 0 Å². The molecule has 0 bridgehead atoms. The van der Waals surface area contributed by atoms with E-state index in [1.807, 2.05) is 0 Å². The lowest BCUT2D eigenvalue weighted by molar-refractivity contribution is 0.660. The first-order valence-electron chi connectivity index (χ1n) is 17.8. The second-order valence-electron chi connectivity index (χ2n) is 13.3. The van der Waals surface area contributed by atoms with Gasteiger partial charge in [-0.25, -0.2) is 4.99 Å². The highest BCUT2D eigenvalue weighted by Gasteiger charge is 2.24. The molecular weight excluding hydrogens is 633 g/mol. The standard InChI is InChI=1S/C48H34N4/c1-4-15-33(16-5-1)41-32-46(50-48(49-41)35-18-6-2-7-19-35)52-44-25-13-11-22-40(44)47-39(23-14-26-45(47)52)36-29-30-43-37(31-36)28-27-34-17-10-12-24-42(34)51(43)38-20-8-3-9-21-38/h1-32,48-49H. The first-order valence-corrected chi connectivity index (χ1v) is 17.8. The van der Waals surface area contributed by atoms with Crippen molar-refractivity contribution in [2.75, 3.05) is 4.90 Å². The number of nitrogens with zero attached hydrogens (tertiary/aromatic N) is 3. The molecule has 0 saturated carbocycles. The minimum absolute atomic E-state index is 0.233. The van der Waals surface area contributed by atoms with Gasteiger partial charge in [0.2, 0.25) is 0 Å². The predicted octanol–water partition coefficient (Wildman–Crippen LogP) is 12.0. The highest BCUT2D eigenvalue weighted by atomic mass is 15.2. The summed E-state index contributed by atoms with van der Waals surface area (Å²) >= 11 is 0. The topological polar surface area (TPSA) is 32.6 Å². The fourth-order valence-electron chi connectivity index (χ4n) is 7.78. The van der Waals surface area contributed by atoms with Crippen LogP contribution in [-0.2, 0) is 0 Å². The quantitative estimate of drug-likeness (QED) is 0.203. The van der Waals surface area contributed by atoms with Crippen molar-refractivity contribution < 1.29 is 0 Å². The monoisotopic (exact) mass is 666 g/mol. The SMILES string of the molecule is C1=Cc2cc(-c3cccc4c3c3ccccc3n4C3=NC(c4ccccc4)NC(c4ccccc4)=C3)ccc2N(c2ccccc2)c2ccccc21. The van der Waals surface area contributed by atoms with Gasteiger partial charge in [-0.2, -0.15) is 0 Å². The van der Waals surface area contributed by atoms with Crippen molar-refractivity contribution >= 4 is 62.6 Å². The Morgan fingerprint density at radius 3 is 2.04 bits per heavy atom. The van der Waals surface area contributed by atoms with Gasteiger partial charge in [0, 0.05) is 28.2 Å². The number of hydrogen-bond acceptors (Lipinski definition) is 3. The highest BCUT2D eigenvalue weighted by Crippen LogP contribution is 2.44. The second-order valence-corrected chi connectivity index (χ2v) is 13.3. The molecule has 0 radical (unpaired) electrons. The number of nitrogens with one attached hydrogen (secondary N) is 1. The lowest BCUT2D eigenvalue weighted by Gasteiger charge is -2.27. The number of benzene rings is 7. The average molecular weight is 667 g/mol. The smallest absolute Gasteiger partial charge is 0.147 e. The molecular formula is C48H34N4. The maximum atomic E-state index is 5.38. The number of allylic oxidation sites excluding steroid dienone is 1. The van der Waals surface area contributed by atoms with Gasteiger partial charge in [-0.15, -0.1) is 0 Å². The van der Waals surface area contributed by atoms with Crippen LogP contribution in [0.4, 0.5) is 17.1 Å². The van der Waals surface area contributed by atoms with Crippen LogP contribution < -0.4 is 10.2 Å². The minimum Gasteiger partial charge on any atom is -0.359 e. The molecule has 2 aliphatic rings. The van der Waals surface area contributed by atoms with E-state index in [0.29, 0.717) is 0 Å². The van der Waals surface area contributed by atoms with Gasteiger partial charge < -0.3 is 10.2 Å². The number of rotatable bonds is 4. The van der Waals surface area contributed by atoms with Crippen molar-refractivity contribution in [2.24, 2.45) is 4.99 Å². The van der Waals surface area contributed by atoms with E-state index in [1.165, 1.54) is 38.7 Å². The van der Waals surface area contributed by atoms with E-state index in [9.17, 15) is 0 Å². The summed E-state index contributed by atoms with van der Waals surface area (Å²) < 4.78 is 2.34. The summed E-state index contributed by atoms with van der Waals surface area (Å²) in [5.41, 5.74) is 13.7. The number of hydrogen-bond donors (Lipinski definition) is 1. The maximum absolute atomic E-state index is 5.38. The third-order valence-electron chi connectivity index (χ3n) is 10.2. The first kappa shape index (κ1) is 30.0. The zero-order valence-electron chi connectivity index (χ0n) is 28.4. The summed E-state index contributed by atoms with van der Waals surface area (Å²) in [6, 6.07) is 62.5. The number of fused-ring (bicyclic) bond motifs is 5. The van der Waals surface area contributed by atoms with Crippen molar-refractivity contribution in [3.63, 3.8) is 0 Å². The molecule has 1 unspecified atom stereocenters. The molecule has 4 heteroatoms. The number of anilines is 3. The van der Waals surface area contributed by atoms with E-state index in [1.54, 1.807) is 0 Å². The number of para-hydroxylation sites is 3. The van der Waals surface area contributed by atoms with Crippen molar-refractivity contribution in [1.29, 1.82) is 0 Å². The van der Waals surface area contributed by atoms with Crippen molar-refractivity contribution in [3.8, 4) is 11.1 Å². The van der Waals surface area contributed by atoms with E-state index in [-0.39, 0.29) is 6.17 Å². The van der Waals surface area contributed by atoms with Crippen molar-refractivity contribution in [2.45, 2.75) is 6.17 Å². The molecule has 7 aromatic carbocycles. The van der Waals surface area contributed by atoms with Crippen LogP contribution >= 0.6 is 0 Å². The predicted molar refractivity (Wildman–Crippen MR) is 218 cm³/mol. The fourth-order valence-corrected chi connectivity index (χ4v) is 7.78. The maximum Gasteiger partial charge on any atom is 0.147 e. The van der Waals surface area contributed by atoms with E-state index in [0.717, 1.165) is 45.1 Å². The molecule has 0 saturated heterocycles. The molecule has 4 nitrogen and oxygen atoms in total. The van der Waals surface area contributed by atoms with Crippen LogP contribution in [0.3, 0.4) is 0 Å². The highest BCUT2D eigenvalue weighted by molar-refractivity contribution is 6.21. The van der Waals surface area contributed by atoms with Gasteiger partial charge in [-0.05, 0) is 75.8 Å². The van der Waals surface area contributed by atoms with Gasteiger partial charge in [0.05, 0.1) is 22.4 Å². The Morgan fingerprint density at radius 1 is 0.519 bits per heavy atom. The molecule has 246 valence electrons. The summed E-state index contributed by atoms with van der Waals surface area (Å²) in [6.45, 7) is 0. The van der Waals surface area contributed by atoms with Crippen LogP contribution in [0.1, 0.15) is 28.4 Å². The Morgan fingerprint density at radius 2 is 1.19 bits per heavy atom. The summed E-state index contributed by atoms with van der Waals surface area (Å²) in [5.74, 6) is 0.899. The molecule has 1 atom stereocenters. The Balaban J connectivity index is 1.17. The number of aromatic nitrogens is 1. The third kappa shape index (κ3) is 5.04. The van der Waals surface area contributed by atoms with Crippen LogP contribution in [0.15, 0.2) is 187 Å². The van der Waals surface area contributed by atoms with Gasteiger partial charge in [-0.3, -0.25) is 4.57 Å². The van der Waals surface area contributed by atoms with Crippen LogP contribution in [0.5, 0.6) is 0 Å². The molecule has 3 heterocycles. The molecule has 1 aromatic heterocycles. The Labute approximate surface area is 303 Å². The molecule has 0 spiro atoms. The third-order valence-corrected chi connectivity index (χ3v) is 10.2. The first-order chi connectivity index (χ1) is 25.8. The largest absolute Gasteiger partial charge is 0.359 e. The van der Waals surface area contributed by atoms with Gasteiger partial charge in [0.1, 0.15) is 12.0 Å². The van der Waals surface area contributed by atoms with E-state index >= 15 is 0 Å². The summed E-state index contributed by atoms with van der Waals surface area (Å²) in [6.07, 6.45) is 6.45. The molecule has 52 heavy (non-hydrogen) atoms. The van der Waals surface area contributed by atoms with Crippen molar-refractivity contribution in [1.82, 2.24) is 9.88 Å². The molecule has 8 aromatic rings. The van der Waals surface area contributed by atoms with E-state index in [2.05, 4.69) is 209 Å². The van der Waals surface area contributed by atoms with Crippen LogP contribution in [-0.4, -0.2) is 10.4 Å².